The quantitative estimate of drug-likeness (QED) is 0.231. The first-order chi connectivity index (χ1) is 22.9. The fourth-order valence-corrected chi connectivity index (χ4v) is 12.7. The van der Waals surface area contributed by atoms with E-state index in [1.54, 1.807) is 0 Å². The Hall–Kier alpha value is -1.97. The zero-order valence-corrected chi connectivity index (χ0v) is 31.7. The summed E-state index contributed by atoms with van der Waals surface area (Å²) in [7, 11) is 2.12. The molecule has 49 heavy (non-hydrogen) atoms. The standard InChI is InChI=1S/C40H64N2O7/c1-24(2)25(3)36(5)16-17-38(7)28-10-11-31-37(6)22-47-23-40(31,29(28)12-15-39(38,8)33(36)35(45)46)20-30(48-26(4)43)34(37)49-32(44)21-41-27-13-18-42(9)19-14-27/h12,24-25,27-28,30-31,33-34,41H,10-11,13-23H2,1-9H3,(H,45,46)/t25-,28+,30-,31+,33-,34+,36-,37-,38-,39+,40-/m1/s1. The van der Waals surface area contributed by atoms with E-state index in [0.717, 1.165) is 51.6 Å². The third kappa shape index (κ3) is 5.71. The lowest BCUT2D eigenvalue weighted by molar-refractivity contribution is -0.263. The molecule has 3 saturated carbocycles. The van der Waals surface area contributed by atoms with Gasteiger partial charge in [0.05, 0.1) is 25.7 Å². The summed E-state index contributed by atoms with van der Waals surface area (Å²) in [5.74, 6) is -0.710. The second kappa shape index (κ2) is 12.9. The topological polar surface area (TPSA) is 114 Å². The molecule has 9 nitrogen and oxygen atoms in total. The number of carbonyl (C=O) groups is 3. The molecule has 0 unspecified atom stereocenters. The van der Waals surface area contributed by atoms with Crippen molar-refractivity contribution in [3.8, 4) is 0 Å². The number of esters is 2. The van der Waals surface area contributed by atoms with Gasteiger partial charge in [0.2, 0.25) is 0 Å². The molecule has 2 bridgehead atoms. The summed E-state index contributed by atoms with van der Waals surface area (Å²) < 4.78 is 19.0. The largest absolute Gasteiger partial charge is 0.481 e. The van der Waals surface area contributed by atoms with Crippen molar-refractivity contribution in [1.29, 1.82) is 0 Å². The Morgan fingerprint density at radius 2 is 1.69 bits per heavy atom. The Morgan fingerprint density at radius 3 is 2.33 bits per heavy atom. The summed E-state index contributed by atoms with van der Waals surface area (Å²) in [5, 5.41) is 14.4. The molecule has 0 radical (unpaired) electrons. The van der Waals surface area contributed by atoms with Gasteiger partial charge in [-0.05, 0) is 111 Å². The summed E-state index contributed by atoms with van der Waals surface area (Å²) in [5.41, 5.74) is -0.427. The number of hydrogen-bond acceptors (Lipinski definition) is 8. The molecule has 2 N–H and O–H groups in total. The number of fused-ring (bicyclic) bond motifs is 3. The monoisotopic (exact) mass is 684 g/mol. The molecule has 4 aliphatic carbocycles. The lowest BCUT2D eigenvalue weighted by Crippen LogP contribution is -2.70. The first-order valence-corrected chi connectivity index (χ1v) is 19.2. The van der Waals surface area contributed by atoms with Crippen molar-refractivity contribution in [3.63, 3.8) is 0 Å². The van der Waals surface area contributed by atoms with Crippen LogP contribution in [0, 0.1) is 56.7 Å². The number of nitrogens with one attached hydrogen (secondary N) is 1. The molecule has 0 aromatic heterocycles. The van der Waals surface area contributed by atoms with Gasteiger partial charge in [-0.1, -0.05) is 60.1 Å². The molecule has 9 heteroatoms. The van der Waals surface area contributed by atoms with Gasteiger partial charge in [0, 0.05) is 23.8 Å². The molecule has 6 aliphatic rings. The highest BCUT2D eigenvalue weighted by atomic mass is 16.6. The van der Waals surface area contributed by atoms with Crippen LogP contribution in [-0.4, -0.2) is 86.1 Å². The van der Waals surface area contributed by atoms with Crippen LogP contribution in [0.1, 0.15) is 107 Å². The average molecular weight is 685 g/mol. The van der Waals surface area contributed by atoms with Gasteiger partial charge in [-0.2, -0.15) is 0 Å². The number of hydrogen-bond donors (Lipinski definition) is 2. The Morgan fingerprint density at radius 1 is 1.00 bits per heavy atom. The number of likely N-dealkylation sites (tertiary alicyclic amines) is 1. The summed E-state index contributed by atoms with van der Waals surface area (Å²) in [6.07, 6.45) is 8.26. The van der Waals surface area contributed by atoms with Gasteiger partial charge in [0.25, 0.3) is 0 Å². The number of carboxylic acid groups (broad SMARTS) is 1. The number of carboxylic acids is 1. The van der Waals surface area contributed by atoms with E-state index in [4.69, 9.17) is 14.2 Å². The molecule has 276 valence electrons. The first kappa shape index (κ1) is 36.8. The van der Waals surface area contributed by atoms with Gasteiger partial charge in [0.1, 0.15) is 12.2 Å². The van der Waals surface area contributed by atoms with Crippen molar-refractivity contribution in [2.45, 2.75) is 125 Å². The van der Waals surface area contributed by atoms with Crippen LogP contribution in [0.15, 0.2) is 11.6 Å². The predicted molar refractivity (Wildman–Crippen MR) is 188 cm³/mol. The Bertz CT molecular complexity index is 1340. The molecule has 2 saturated heterocycles. The van der Waals surface area contributed by atoms with Crippen molar-refractivity contribution in [1.82, 2.24) is 10.2 Å². The number of ether oxygens (including phenoxy) is 3. The summed E-state index contributed by atoms with van der Waals surface area (Å²) in [6.45, 7) is 20.4. The summed E-state index contributed by atoms with van der Waals surface area (Å²) in [4.78, 5) is 41.8. The maximum atomic E-state index is 13.5. The Kier molecular flexibility index (Phi) is 9.70. The van der Waals surface area contributed by atoms with E-state index >= 15 is 0 Å². The van der Waals surface area contributed by atoms with E-state index in [1.165, 1.54) is 12.5 Å². The zero-order valence-electron chi connectivity index (χ0n) is 31.7. The molecular formula is C40H64N2O7. The van der Waals surface area contributed by atoms with Gasteiger partial charge < -0.3 is 29.5 Å². The number of allylic oxidation sites excluding steroid dienone is 1. The van der Waals surface area contributed by atoms with E-state index < -0.39 is 34.9 Å². The predicted octanol–water partition coefficient (Wildman–Crippen LogP) is 6.10. The van der Waals surface area contributed by atoms with Crippen molar-refractivity contribution in [2.24, 2.45) is 56.7 Å². The molecule has 11 atom stereocenters. The summed E-state index contributed by atoms with van der Waals surface area (Å²) in [6, 6.07) is 0.285. The maximum absolute atomic E-state index is 13.5. The van der Waals surface area contributed by atoms with Crippen molar-refractivity contribution in [3.05, 3.63) is 11.6 Å². The third-order valence-electron chi connectivity index (χ3n) is 15.9. The number of carbonyl (C=O) groups excluding carboxylic acids is 2. The molecule has 0 aromatic rings. The highest BCUT2D eigenvalue weighted by Crippen LogP contribution is 2.75. The molecule has 2 heterocycles. The van der Waals surface area contributed by atoms with E-state index in [9.17, 15) is 19.5 Å². The SMILES string of the molecule is CC(=O)O[C@@H]1C[C@]23COC[C@](C)([C@@H]2CC[C@H]2C3=CC[C@@]3(C)[C@H](C(=O)O)[C@@](C)([C@H](C)C(C)C)CC[C@]23C)[C@H]1OC(=O)CNC1CCN(C)CC1. The van der Waals surface area contributed by atoms with Gasteiger partial charge in [0.15, 0.2) is 0 Å². The van der Waals surface area contributed by atoms with Crippen LogP contribution in [-0.2, 0) is 28.6 Å². The highest BCUT2D eigenvalue weighted by molar-refractivity contribution is 5.73. The van der Waals surface area contributed by atoms with Gasteiger partial charge in [-0.3, -0.25) is 14.4 Å². The highest BCUT2D eigenvalue weighted by Gasteiger charge is 2.72. The number of rotatable bonds is 8. The third-order valence-corrected chi connectivity index (χ3v) is 15.9. The average Bonchev–Trinajstić information content (AvgIpc) is 3.02. The minimum Gasteiger partial charge on any atom is -0.481 e. The minimum atomic E-state index is -0.664. The van der Waals surface area contributed by atoms with Crippen LogP contribution in [0.25, 0.3) is 0 Å². The van der Waals surface area contributed by atoms with E-state index in [2.05, 4.69) is 71.8 Å². The smallest absolute Gasteiger partial charge is 0.320 e. The van der Waals surface area contributed by atoms with E-state index in [1.807, 2.05) is 0 Å². The van der Waals surface area contributed by atoms with Crippen LogP contribution in [0.2, 0.25) is 0 Å². The van der Waals surface area contributed by atoms with Crippen LogP contribution >= 0.6 is 0 Å². The number of aliphatic carboxylic acids is 1. The molecule has 5 fully saturated rings. The lowest BCUT2D eigenvalue weighted by Gasteiger charge is -2.71. The fourth-order valence-electron chi connectivity index (χ4n) is 12.7. The van der Waals surface area contributed by atoms with Crippen molar-refractivity contribution < 1.29 is 33.7 Å². The van der Waals surface area contributed by atoms with Crippen LogP contribution < -0.4 is 5.32 Å². The molecule has 0 spiro atoms. The van der Waals surface area contributed by atoms with Crippen molar-refractivity contribution >= 4 is 17.9 Å². The second-order valence-electron chi connectivity index (χ2n) is 18.6. The zero-order chi connectivity index (χ0) is 35.7. The molecule has 6 rings (SSSR count). The van der Waals surface area contributed by atoms with E-state index in [0.29, 0.717) is 32.0 Å². The van der Waals surface area contributed by atoms with Gasteiger partial charge in [-0.15, -0.1) is 0 Å². The maximum Gasteiger partial charge on any atom is 0.320 e. The lowest BCUT2D eigenvalue weighted by atomic mass is 9.34. The van der Waals surface area contributed by atoms with E-state index in [-0.39, 0.29) is 58.5 Å². The first-order valence-electron chi connectivity index (χ1n) is 19.2. The van der Waals surface area contributed by atoms with Gasteiger partial charge in [-0.25, -0.2) is 0 Å². The Balaban J connectivity index is 1.32. The molecule has 0 aromatic carbocycles. The van der Waals surface area contributed by atoms with Gasteiger partial charge >= 0.3 is 17.9 Å². The minimum absolute atomic E-state index is 0.133. The molecule has 0 amide bonds. The van der Waals surface area contributed by atoms with Crippen LogP contribution in [0.5, 0.6) is 0 Å². The number of nitrogens with zero attached hydrogens (tertiary/aromatic N) is 1. The number of piperidine rings is 1. The summed E-state index contributed by atoms with van der Waals surface area (Å²) >= 11 is 0. The normalized spacial score (nSPS) is 44.5. The van der Waals surface area contributed by atoms with Crippen molar-refractivity contribution in [2.75, 3.05) is 39.9 Å². The van der Waals surface area contributed by atoms with Crippen LogP contribution in [0.3, 0.4) is 0 Å². The fraction of sp³-hybridized carbons (Fsp3) is 0.875. The van der Waals surface area contributed by atoms with Crippen LogP contribution in [0.4, 0.5) is 0 Å². The molecule has 2 aliphatic heterocycles. The Labute approximate surface area is 294 Å². The molecular weight excluding hydrogens is 620 g/mol. The second-order valence-corrected chi connectivity index (χ2v) is 18.6.